The quantitative estimate of drug-likeness (QED) is 0.718. The third-order valence-electron chi connectivity index (χ3n) is 2.94. The van der Waals surface area contributed by atoms with Crippen molar-refractivity contribution in [2.75, 3.05) is 5.73 Å². The van der Waals surface area contributed by atoms with Crippen molar-refractivity contribution < 1.29 is 0 Å². The Labute approximate surface area is 124 Å². The van der Waals surface area contributed by atoms with Crippen LogP contribution in [0.1, 0.15) is 5.56 Å². The maximum Gasteiger partial charge on any atom is 0.205 e. The van der Waals surface area contributed by atoms with Gasteiger partial charge in [0.05, 0.1) is 21.7 Å². The molecule has 0 amide bonds. The second-order valence-corrected chi connectivity index (χ2v) is 5.72. The molecule has 0 spiro atoms. The van der Waals surface area contributed by atoms with Gasteiger partial charge in [-0.25, -0.2) is 4.98 Å². The van der Waals surface area contributed by atoms with Gasteiger partial charge in [-0.15, -0.1) is 0 Å². The lowest BCUT2D eigenvalue weighted by Crippen LogP contribution is -2.01. The van der Waals surface area contributed by atoms with Gasteiger partial charge >= 0.3 is 0 Å². The molecule has 3 aromatic rings. The van der Waals surface area contributed by atoms with E-state index in [1.54, 1.807) is 0 Å². The zero-order valence-electron chi connectivity index (χ0n) is 10.2. The van der Waals surface area contributed by atoms with Gasteiger partial charge in [-0.3, -0.25) is 4.57 Å². The summed E-state index contributed by atoms with van der Waals surface area (Å²) in [6.45, 7) is 2.03. The average Bonchev–Trinajstić information content (AvgIpc) is 2.65. The summed E-state index contributed by atoms with van der Waals surface area (Å²) in [7, 11) is 0. The van der Waals surface area contributed by atoms with Gasteiger partial charge in [0, 0.05) is 4.47 Å². The molecule has 0 radical (unpaired) electrons. The van der Waals surface area contributed by atoms with E-state index >= 15 is 0 Å². The monoisotopic (exact) mass is 335 g/mol. The van der Waals surface area contributed by atoms with Crippen molar-refractivity contribution in [1.82, 2.24) is 9.55 Å². The first-order valence-corrected chi connectivity index (χ1v) is 6.93. The normalized spacial score (nSPS) is 11.1. The lowest BCUT2D eigenvalue weighted by molar-refractivity contribution is 1.10. The first kappa shape index (κ1) is 12.5. The predicted octanol–water partition coefficient (Wildman–Crippen LogP) is 4.33. The van der Waals surface area contributed by atoms with Gasteiger partial charge < -0.3 is 5.73 Å². The summed E-state index contributed by atoms with van der Waals surface area (Å²) in [6, 6.07) is 11.7. The van der Waals surface area contributed by atoms with Crippen LogP contribution in [0.3, 0.4) is 0 Å². The molecule has 19 heavy (non-hydrogen) atoms. The minimum atomic E-state index is 0.431. The zero-order chi connectivity index (χ0) is 13.6. The van der Waals surface area contributed by atoms with Crippen LogP contribution in [-0.4, -0.2) is 9.55 Å². The van der Waals surface area contributed by atoms with Crippen LogP contribution in [0.4, 0.5) is 5.95 Å². The highest BCUT2D eigenvalue weighted by molar-refractivity contribution is 9.10. The van der Waals surface area contributed by atoms with E-state index in [1.165, 1.54) is 0 Å². The van der Waals surface area contributed by atoms with E-state index in [1.807, 2.05) is 47.9 Å². The summed E-state index contributed by atoms with van der Waals surface area (Å²) in [6.07, 6.45) is 0. The summed E-state index contributed by atoms with van der Waals surface area (Å²) in [5.41, 5.74) is 9.74. The number of aromatic nitrogens is 2. The Kier molecular flexibility index (Phi) is 2.99. The molecular formula is C14H11BrClN3. The summed E-state index contributed by atoms with van der Waals surface area (Å²) in [5, 5.41) is 0.638. The van der Waals surface area contributed by atoms with Crippen LogP contribution >= 0.6 is 27.5 Å². The molecule has 2 N–H and O–H groups in total. The lowest BCUT2D eigenvalue weighted by Gasteiger charge is -2.09. The van der Waals surface area contributed by atoms with Crippen LogP contribution in [0.2, 0.25) is 5.02 Å². The molecule has 1 aromatic heterocycles. The molecule has 1 heterocycles. The van der Waals surface area contributed by atoms with E-state index in [9.17, 15) is 0 Å². The molecule has 5 heteroatoms. The molecule has 0 aliphatic rings. The van der Waals surface area contributed by atoms with Gasteiger partial charge in [0.15, 0.2) is 0 Å². The molecule has 0 saturated carbocycles. The van der Waals surface area contributed by atoms with E-state index in [2.05, 4.69) is 20.9 Å². The Balaban J connectivity index is 2.38. The number of fused-ring (bicyclic) bond motifs is 1. The maximum atomic E-state index is 6.28. The van der Waals surface area contributed by atoms with E-state index in [-0.39, 0.29) is 0 Å². The topological polar surface area (TPSA) is 43.8 Å². The minimum absolute atomic E-state index is 0.431. The summed E-state index contributed by atoms with van der Waals surface area (Å²) >= 11 is 9.78. The highest BCUT2D eigenvalue weighted by Crippen LogP contribution is 2.30. The van der Waals surface area contributed by atoms with Crippen molar-refractivity contribution >= 4 is 44.5 Å². The fourth-order valence-corrected chi connectivity index (χ4v) is 3.06. The summed E-state index contributed by atoms with van der Waals surface area (Å²) < 4.78 is 2.87. The number of nitrogen functional groups attached to an aromatic ring is 1. The van der Waals surface area contributed by atoms with Crippen molar-refractivity contribution in [2.24, 2.45) is 0 Å². The number of hydrogen-bond acceptors (Lipinski definition) is 2. The molecule has 0 fully saturated rings. The molecule has 0 atom stereocenters. The number of para-hydroxylation sites is 1. The van der Waals surface area contributed by atoms with Crippen LogP contribution in [0, 0.1) is 6.92 Å². The number of anilines is 1. The third-order valence-corrected chi connectivity index (χ3v) is 3.70. The van der Waals surface area contributed by atoms with Gasteiger partial charge in [0.25, 0.3) is 0 Å². The van der Waals surface area contributed by atoms with Gasteiger partial charge in [0.1, 0.15) is 0 Å². The van der Waals surface area contributed by atoms with Crippen LogP contribution in [0.5, 0.6) is 0 Å². The van der Waals surface area contributed by atoms with Crippen molar-refractivity contribution in [3.63, 3.8) is 0 Å². The fourth-order valence-electron chi connectivity index (χ4n) is 2.21. The van der Waals surface area contributed by atoms with Crippen molar-refractivity contribution in [1.29, 1.82) is 0 Å². The van der Waals surface area contributed by atoms with Crippen LogP contribution < -0.4 is 5.73 Å². The predicted molar refractivity (Wildman–Crippen MR) is 82.9 cm³/mol. The lowest BCUT2D eigenvalue weighted by atomic mass is 10.2. The number of hydrogen-bond donors (Lipinski definition) is 1. The Morgan fingerprint density at radius 1 is 1.26 bits per heavy atom. The molecule has 0 saturated heterocycles. The average molecular weight is 337 g/mol. The molecule has 0 bridgehead atoms. The second kappa shape index (κ2) is 4.54. The smallest absolute Gasteiger partial charge is 0.205 e. The zero-order valence-corrected chi connectivity index (χ0v) is 12.5. The number of rotatable bonds is 1. The molecular weight excluding hydrogens is 326 g/mol. The Morgan fingerprint density at radius 2 is 2.05 bits per heavy atom. The van der Waals surface area contributed by atoms with Gasteiger partial charge in [-0.05, 0) is 42.8 Å². The van der Waals surface area contributed by atoms with E-state index in [0.29, 0.717) is 11.0 Å². The van der Waals surface area contributed by atoms with Crippen LogP contribution in [-0.2, 0) is 0 Å². The second-order valence-electron chi connectivity index (χ2n) is 4.40. The number of nitrogens with two attached hydrogens (primary N) is 1. The standard InChI is InChI=1S/C14H11BrClN3/c1-8-5-9(15)7-10(6-8)19-13-11(16)3-2-4-12(13)18-14(19)17/h2-7H,1H3,(H2,17,18). The Hall–Kier alpha value is -1.52. The highest BCUT2D eigenvalue weighted by Gasteiger charge is 2.13. The van der Waals surface area contributed by atoms with E-state index in [0.717, 1.165) is 26.8 Å². The van der Waals surface area contributed by atoms with Crippen LogP contribution in [0.15, 0.2) is 40.9 Å². The first-order valence-electron chi connectivity index (χ1n) is 5.76. The minimum Gasteiger partial charge on any atom is -0.369 e. The number of aryl methyl sites for hydroxylation is 1. The van der Waals surface area contributed by atoms with Gasteiger partial charge in [-0.2, -0.15) is 0 Å². The van der Waals surface area contributed by atoms with E-state index < -0.39 is 0 Å². The number of halogens is 2. The molecule has 2 aromatic carbocycles. The van der Waals surface area contributed by atoms with E-state index in [4.69, 9.17) is 17.3 Å². The molecule has 96 valence electrons. The van der Waals surface area contributed by atoms with Crippen molar-refractivity contribution in [3.8, 4) is 5.69 Å². The third kappa shape index (κ3) is 2.11. The molecule has 3 nitrogen and oxygen atoms in total. The largest absolute Gasteiger partial charge is 0.369 e. The fraction of sp³-hybridized carbons (Fsp3) is 0.0714. The first-order chi connectivity index (χ1) is 9.06. The Bertz CT molecular complexity index is 759. The number of benzene rings is 2. The molecule has 0 aliphatic heterocycles. The number of imidazole rings is 1. The molecule has 3 rings (SSSR count). The SMILES string of the molecule is Cc1cc(Br)cc(-n2c(N)nc3cccc(Cl)c32)c1. The Morgan fingerprint density at radius 3 is 2.79 bits per heavy atom. The van der Waals surface area contributed by atoms with Crippen LogP contribution in [0.25, 0.3) is 16.7 Å². The summed E-state index contributed by atoms with van der Waals surface area (Å²) in [4.78, 5) is 4.35. The highest BCUT2D eigenvalue weighted by atomic mass is 79.9. The number of nitrogens with zero attached hydrogens (tertiary/aromatic N) is 2. The van der Waals surface area contributed by atoms with Gasteiger partial charge in [-0.1, -0.05) is 33.6 Å². The summed E-state index contributed by atoms with van der Waals surface area (Å²) in [5.74, 6) is 0.431. The maximum absolute atomic E-state index is 6.28. The molecule has 0 unspecified atom stereocenters. The van der Waals surface area contributed by atoms with Gasteiger partial charge in [0.2, 0.25) is 5.95 Å². The molecule has 0 aliphatic carbocycles. The van der Waals surface area contributed by atoms with Crippen molar-refractivity contribution in [3.05, 3.63) is 51.5 Å². The van der Waals surface area contributed by atoms with Crippen molar-refractivity contribution in [2.45, 2.75) is 6.92 Å².